The zero-order valence-electron chi connectivity index (χ0n) is 18.2. The number of amides is 2. The molecule has 2 heterocycles. The predicted octanol–water partition coefficient (Wildman–Crippen LogP) is 3.08. The molecule has 31 heavy (non-hydrogen) atoms. The van der Waals surface area contributed by atoms with Crippen LogP contribution in [0.25, 0.3) is 0 Å². The number of likely N-dealkylation sites (tertiary alicyclic amines) is 1. The summed E-state index contributed by atoms with van der Waals surface area (Å²) < 4.78 is 6.53. The number of hydrogen-bond acceptors (Lipinski definition) is 4. The van der Waals surface area contributed by atoms with Crippen molar-refractivity contribution in [2.45, 2.75) is 38.3 Å². The lowest BCUT2D eigenvalue weighted by atomic mass is 9.90. The first-order valence-corrected chi connectivity index (χ1v) is 11.2. The molecular formula is C25H31N3O3. The Morgan fingerprint density at radius 1 is 1.06 bits per heavy atom. The first-order chi connectivity index (χ1) is 15.1. The van der Waals surface area contributed by atoms with Crippen LogP contribution in [0.1, 0.15) is 42.1 Å². The number of rotatable bonds is 6. The molecule has 0 saturated carbocycles. The second-order valence-electron chi connectivity index (χ2n) is 8.55. The number of hydrogen-bond donors (Lipinski definition) is 1. The zero-order valence-corrected chi connectivity index (χ0v) is 18.2. The van der Waals surface area contributed by atoms with E-state index in [1.54, 1.807) is 11.0 Å². The van der Waals surface area contributed by atoms with E-state index in [0.717, 1.165) is 38.9 Å². The zero-order chi connectivity index (χ0) is 21.7. The fourth-order valence-electron chi connectivity index (χ4n) is 4.43. The van der Waals surface area contributed by atoms with Gasteiger partial charge in [-0.05, 0) is 24.1 Å². The monoisotopic (exact) mass is 421 g/mol. The third-order valence-corrected chi connectivity index (χ3v) is 6.13. The molecule has 6 heteroatoms. The van der Waals surface area contributed by atoms with E-state index in [9.17, 15) is 9.59 Å². The Morgan fingerprint density at radius 3 is 2.52 bits per heavy atom. The van der Waals surface area contributed by atoms with Crippen molar-refractivity contribution in [2.75, 3.05) is 32.7 Å². The highest BCUT2D eigenvalue weighted by Crippen LogP contribution is 2.35. The number of carbonyl (C=O) groups is 2. The molecule has 0 radical (unpaired) electrons. The third kappa shape index (κ3) is 5.07. The highest BCUT2D eigenvalue weighted by Gasteiger charge is 2.43. The minimum Gasteiger partial charge on any atom is -0.484 e. The molecule has 0 aromatic heterocycles. The molecule has 1 spiro atoms. The van der Waals surface area contributed by atoms with Crippen LogP contribution in [0.4, 0.5) is 0 Å². The van der Waals surface area contributed by atoms with E-state index in [1.165, 1.54) is 5.56 Å². The van der Waals surface area contributed by atoms with E-state index in [2.05, 4.69) is 34.5 Å². The molecule has 0 aliphatic carbocycles. The Morgan fingerprint density at radius 2 is 1.77 bits per heavy atom. The minimum atomic E-state index is -0.472. The van der Waals surface area contributed by atoms with E-state index >= 15 is 0 Å². The van der Waals surface area contributed by atoms with Crippen molar-refractivity contribution in [3.05, 3.63) is 65.7 Å². The van der Waals surface area contributed by atoms with Gasteiger partial charge in [-0.1, -0.05) is 49.4 Å². The third-order valence-electron chi connectivity index (χ3n) is 6.13. The molecule has 1 saturated heterocycles. The molecule has 0 atom stereocenters. The maximum Gasteiger partial charge on any atom is 0.258 e. The standard InChI is InChI=1S/C25H31N3O3/c1-2-14-26-23(29)18-28-19-25(31-22-11-7-6-10-21(22)24(28)30)12-15-27(16-13-25)17-20-8-4-3-5-9-20/h3-11H,2,12-19H2,1H3,(H,26,29). The Kier molecular flexibility index (Phi) is 6.56. The smallest absolute Gasteiger partial charge is 0.258 e. The Balaban J connectivity index is 1.50. The Hall–Kier alpha value is -2.86. The van der Waals surface area contributed by atoms with E-state index in [4.69, 9.17) is 4.74 Å². The molecule has 6 nitrogen and oxygen atoms in total. The van der Waals surface area contributed by atoms with E-state index in [-0.39, 0.29) is 18.4 Å². The van der Waals surface area contributed by atoms with Crippen LogP contribution < -0.4 is 10.1 Å². The van der Waals surface area contributed by atoms with Gasteiger partial charge in [-0.3, -0.25) is 14.5 Å². The van der Waals surface area contributed by atoms with Crippen molar-refractivity contribution in [2.24, 2.45) is 0 Å². The van der Waals surface area contributed by atoms with Crippen LogP contribution in [0.5, 0.6) is 5.75 Å². The Labute approximate surface area is 184 Å². The number of piperidine rings is 1. The van der Waals surface area contributed by atoms with Crippen LogP contribution in [-0.4, -0.2) is 59.9 Å². The topological polar surface area (TPSA) is 61.9 Å². The number of nitrogens with one attached hydrogen (secondary N) is 1. The predicted molar refractivity (Wildman–Crippen MR) is 120 cm³/mol. The van der Waals surface area contributed by atoms with Crippen LogP contribution in [-0.2, 0) is 11.3 Å². The molecule has 2 aliphatic heterocycles. The summed E-state index contributed by atoms with van der Waals surface area (Å²) >= 11 is 0. The number of benzene rings is 2. The molecule has 1 N–H and O–H groups in total. The Bertz CT molecular complexity index is 907. The van der Waals surface area contributed by atoms with Gasteiger partial charge in [0.05, 0.1) is 18.7 Å². The first-order valence-electron chi connectivity index (χ1n) is 11.2. The molecule has 4 rings (SSSR count). The van der Waals surface area contributed by atoms with Gasteiger partial charge in [0.15, 0.2) is 0 Å². The lowest BCUT2D eigenvalue weighted by molar-refractivity contribution is -0.122. The first kappa shape index (κ1) is 21.4. The lowest BCUT2D eigenvalue weighted by Crippen LogP contribution is -2.55. The summed E-state index contributed by atoms with van der Waals surface area (Å²) in [5.41, 5.74) is 1.37. The molecule has 164 valence electrons. The SMILES string of the molecule is CCCNC(=O)CN1CC2(CCN(Cc3ccccc3)CC2)Oc2ccccc2C1=O. The molecule has 2 aromatic rings. The number of ether oxygens (including phenoxy) is 1. The van der Waals surface area contributed by atoms with Gasteiger partial charge in [0, 0.05) is 39.0 Å². The van der Waals surface area contributed by atoms with Gasteiger partial charge >= 0.3 is 0 Å². The highest BCUT2D eigenvalue weighted by molar-refractivity contribution is 5.99. The summed E-state index contributed by atoms with van der Waals surface area (Å²) in [5, 5.41) is 2.89. The summed E-state index contributed by atoms with van der Waals surface area (Å²) in [7, 11) is 0. The maximum atomic E-state index is 13.2. The molecule has 0 unspecified atom stereocenters. The van der Waals surface area contributed by atoms with Crippen molar-refractivity contribution in [1.29, 1.82) is 0 Å². The number of nitrogens with zero attached hydrogens (tertiary/aromatic N) is 2. The van der Waals surface area contributed by atoms with E-state index in [1.807, 2.05) is 31.2 Å². The largest absolute Gasteiger partial charge is 0.484 e. The quantitative estimate of drug-likeness (QED) is 0.779. The normalized spacial score (nSPS) is 18.2. The minimum absolute atomic E-state index is 0.0615. The summed E-state index contributed by atoms with van der Waals surface area (Å²) in [6, 6.07) is 17.9. The van der Waals surface area contributed by atoms with Crippen molar-refractivity contribution in [3.8, 4) is 5.75 Å². The highest BCUT2D eigenvalue weighted by atomic mass is 16.5. The average Bonchev–Trinajstić information content (AvgIpc) is 2.90. The van der Waals surface area contributed by atoms with Gasteiger partial charge < -0.3 is 15.0 Å². The molecule has 0 bridgehead atoms. The summed E-state index contributed by atoms with van der Waals surface area (Å²) in [6.45, 7) is 5.82. The summed E-state index contributed by atoms with van der Waals surface area (Å²) in [6.07, 6.45) is 2.50. The van der Waals surface area contributed by atoms with E-state index in [0.29, 0.717) is 24.4 Å². The molecule has 2 aliphatic rings. The van der Waals surface area contributed by atoms with Gasteiger partial charge in [-0.15, -0.1) is 0 Å². The van der Waals surface area contributed by atoms with E-state index < -0.39 is 5.60 Å². The number of fused-ring (bicyclic) bond motifs is 1. The van der Waals surface area contributed by atoms with Crippen LogP contribution in [0.3, 0.4) is 0 Å². The fourth-order valence-corrected chi connectivity index (χ4v) is 4.43. The van der Waals surface area contributed by atoms with Crippen molar-refractivity contribution in [3.63, 3.8) is 0 Å². The molecule has 1 fully saturated rings. The average molecular weight is 422 g/mol. The molecule has 2 amide bonds. The molecule has 2 aromatic carbocycles. The van der Waals surface area contributed by atoms with Gasteiger partial charge in [-0.25, -0.2) is 0 Å². The summed E-state index contributed by atoms with van der Waals surface area (Å²) in [5.74, 6) is 0.373. The van der Waals surface area contributed by atoms with Crippen molar-refractivity contribution < 1.29 is 14.3 Å². The van der Waals surface area contributed by atoms with Crippen LogP contribution >= 0.6 is 0 Å². The van der Waals surface area contributed by atoms with Crippen LogP contribution in [0, 0.1) is 0 Å². The van der Waals surface area contributed by atoms with Crippen molar-refractivity contribution >= 4 is 11.8 Å². The van der Waals surface area contributed by atoms with Gasteiger partial charge in [0.1, 0.15) is 11.4 Å². The lowest BCUT2D eigenvalue weighted by Gasteiger charge is -2.42. The second kappa shape index (κ2) is 9.52. The van der Waals surface area contributed by atoms with Crippen LogP contribution in [0.15, 0.2) is 54.6 Å². The van der Waals surface area contributed by atoms with Crippen LogP contribution in [0.2, 0.25) is 0 Å². The fraction of sp³-hybridized carbons (Fsp3) is 0.440. The second-order valence-corrected chi connectivity index (χ2v) is 8.55. The maximum absolute atomic E-state index is 13.2. The number of para-hydroxylation sites is 1. The van der Waals surface area contributed by atoms with Gasteiger partial charge in [-0.2, -0.15) is 0 Å². The summed E-state index contributed by atoms with van der Waals surface area (Å²) in [4.78, 5) is 29.7. The van der Waals surface area contributed by atoms with Gasteiger partial charge in [0.2, 0.25) is 5.91 Å². The van der Waals surface area contributed by atoms with Crippen molar-refractivity contribution in [1.82, 2.24) is 15.1 Å². The molecular weight excluding hydrogens is 390 g/mol. The number of carbonyl (C=O) groups excluding carboxylic acids is 2. The van der Waals surface area contributed by atoms with Gasteiger partial charge in [0.25, 0.3) is 5.91 Å².